The Morgan fingerprint density at radius 2 is 2.20 bits per heavy atom. The largest absolute Gasteiger partial charge is 0.497 e. The zero-order valence-electron chi connectivity index (χ0n) is 11.6. The first kappa shape index (κ1) is 14.9. The van der Waals surface area contributed by atoms with E-state index >= 15 is 0 Å². The SMILES string of the molecule is CCCNC(c1cnccn1)c1cc(OC)ccc1Br. The van der Waals surface area contributed by atoms with E-state index in [-0.39, 0.29) is 6.04 Å². The molecule has 0 fully saturated rings. The summed E-state index contributed by atoms with van der Waals surface area (Å²) < 4.78 is 6.34. The van der Waals surface area contributed by atoms with E-state index in [1.54, 1.807) is 25.7 Å². The van der Waals surface area contributed by atoms with Crippen molar-refractivity contribution in [3.63, 3.8) is 0 Å². The fraction of sp³-hybridized carbons (Fsp3) is 0.333. The molecule has 20 heavy (non-hydrogen) atoms. The second kappa shape index (κ2) is 7.36. The zero-order chi connectivity index (χ0) is 14.4. The Labute approximate surface area is 127 Å². The lowest BCUT2D eigenvalue weighted by Gasteiger charge is -2.20. The van der Waals surface area contributed by atoms with Crippen molar-refractivity contribution < 1.29 is 4.74 Å². The molecule has 1 N–H and O–H groups in total. The van der Waals surface area contributed by atoms with Gasteiger partial charge in [-0.3, -0.25) is 9.97 Å². The van der Waals surface area contributed by atoms with Crippen LogP contribution in [0.4, 0.5) is 0 Å². The zero-order valence-corrected chi connectivity index (χ0v) is 13.2. The number of benzene rings is 1. The molecule has 1 heterocycles. The van der Waals surface area contributed by atoms with Gasteiger partial charge in [0.05, 0.1) is 25.0 Å². The molecular formula is C15H18BrN3O. The molecule has 0 saturated heterocycles. The van der Waals surface area contributed by atoms with Crippen molar-refractivity contribution in [1.82, 2.24) is 15.3 Å². The number of hydrogen-bond donors (Lipinski definition) is 1. The Bertz CT molecular complexity index is 548. The summed E-state index contributed by atoms with van der Waals surface area (Å²) in [4.78, 5) is 8.58. The summed E-state index contributed by atoms with van der Waals surface area (Å²) in [6, 6.07) is 5.94. The Kier molecular flexibility index (Phi) is 5.49. The maximum Gasteiger partial charge on any atom is 0.119 e. The molecule has 0 aliphatic rings. The molecule has 0 radical (unpaired) electrons. The monoisotopic (exact) mass is 335 g/mol. The van der Waals surface area contributed by atoms with Gasteiger partial charge in [-0.05, 0) is 36.7 Å². The molecule has 0 aliphatic heterocycles. The van der Waals surface area contributed by atoms with Crippen molar-refractivity contribution in [2.75, 3.05) is 13.7 Å². The summed E-state index contributed by atoms with van der Waals surface area (Å²) in [6.07, 6.45) is 6.24. The van der Waals surface area contributed by atoms with E-state index < -0.39 is 0 Å². The lowest BCUT2D eigenvalue weighted by atomic mass is 10.0. The smallest absolute Gasteiger partial charge is 0.119 e. The molecule has 1 atom stereocenters. The summed E-state index contributed by atoms with van der Waals surface area (Å²) in [5, 5.41) is 3.51. The van der Waals surface area contributed by atoms with Gasteiger partial charge in [-0.25, -0.2) is 0 Å². The molecule has 2 rings (SSSR count). The molecular weight excluding hydrogens is 318 g/mol. The van der Waals surface area contributed by atoms with Crippen molar-refractivity contribution in [1.29, 1.82) is 0 Å². The number of hydrogen-bond acceptors (Lipinski definition) is 4. The minimum Gasteiger partial charge on any atom is -0.497 e. The highest BCUT2D eigenvalue weighted by Gasteiger charge is 2.18. The Morgan fingerprint density at radius 1 is 1.35 bits per heavy atom. The van der Waals surface area contributed by atoms with Crippen molar-refractivity contribution in [3.8, 4) is 5.75 Å². The molecule has 0 spiro atoms. The average molecular weight is 336 g/mol. The van der Waals surface area contributed by atoms with E-state index in [2.05, 4.69) is 38.1 Å². The lowest BCUT2D eigenvalue weighted by molar-refractivity contribution is 0.413. The van der Waals surface area contributed by atoms with Crippen molar-refractivity contribution >= 4 is 15.9 Å². The van der Waals surface area contributed by atoms with Gasteiger partial charge in [0.15, 0.2) is 0 Å². The van der Waals surface area contributed by atoms with Gasteiger partial charge in [0, 0.05) is 16.9 Å². The number of ether oxygens (including phenoxy) is 1. The highest BCUT2D eigenvalue weighted by molar-refractivity contribution is 9.10. The number of nitrogens with zero attached hydrogens (tertiary/aromatic N) is 2. The highest BCUT2D eigenvalue weighted by atomic mass is 79.9. The predicted octanol–water partition coefficient (Wildman–Crippen LogP) is 3.34. The van der Waals surface area contributed by atoms with E-state index in [0.29, 0.717) is 0 Å². The summed E-state index contributed by atoms with van der Waals surface area (Å²) in [7, 11) is 1.67. The van der Waals surface area contributed by atoms with Gasteiger partial charge in [0.2, 0.25) is 0 Å². The minimum absolute atomic E-state index is 0.00637. The van der Waals surface area contributed by atoms with Crippen LogP contribution >= 0.6 is 15.9 Å². The van der Waals surface area contributed by atoms with Crippen LogP contribution in [-0.2, 0) is 0 Å². The first-order valence-electron chi connectivity index (χ1n) is 6.59. The fourth-order valence-corrected chi connectivity index (χ4v) is 2.47. The van der Waals surface area contributed by atoms with Gasteiger partial charge in [-0.15, -0.1) is 0 Å². The maximum atomic E-state index is 5.32. The van der Waals surface area contributed by atoms with E-state index in [9.17, 15) is 0 Å². The van der Waals surface area contributed by atoms with Crippen molar-refractivity contribution in [2.45, 2.75) is 19.4 Å². The third-order valence-corrected chi connectivity index (χ3v) is 3.71. The van der Waals surface area contributed by atoms with Gasteiger partial charge >= 0.3 is 0 Å². The second-order valence-corrected chi connectivity index (χ2v) is 5.26. The summed E-state index contributed by atoms with van der Waals surface area (Å²) in [5.74, 6) is 0.829. The molecule has 106 valence electrons. The van der Waals surface area contributed by atoms with Gasteiger partial charge in [-0.1, -0.05) is 22.9 Å². The van der Waals surface area contributed by atoms with Crippen LogP contribution < -0.4 is 10.1 Å². The molecule has 1 aromatic heterocycles. The Morgan fingerprint density at radius 3 is 2.85 bits per heavy atom. The van der Waals surface area contributed by atoms with Crippen LogP contribution in [-0.4, -0.2) is 23.6 Å². The van der Waals surface area contributed by atoms with Crippen molar-refractivity contribution in [2.24, 2.45) is 0 Å². The fourth-order valence-electron chi connectivity index (χ4n) is 1.99. The maximum absolute atomic E-state index is 5.32. The van der Waals surface area contributed by atoms with Gasteiger partial charge in [-0.2, -0.15) is 0 Å². The lowest BCUT2D eigenvalue weighted by Crippen LogP contribution is -2.24. The Hall–Kier alpha value is -1.46. The second-order valence-electron chi connectivity index (χ2n) is 4.40. The van der Waals surface area contributed by atoms with Gasteiger partial charge < -0.3 is 10.1 Å². The average Bonchev–Trinajstić information content (AvgIpc) is 2.50. The third kappa shape index (κ3) is 3.55. The van der Waals surface area contributed by atoms with E-state index in [1.165, 1.54) is 0 Å². The van der Waals surface area contributed by atoms with Crippen LogP contribution in [0.15, 0.2) is 41.3 Å². The highest BCUT2D eigenvalue weighted by Crippen LogP contribution is 2.30. The van der Waals surface area contributed by atoms with E-state index in [4.69, 9.17) is 4.74 Å². The molecule has 0 aliphatic carbocycles. The molecule has 2 aromatic rings. The number of aromatic nitrogens is 2. The van der Waals surface area contributed by atoms with E-state index in [1.807, 2.05) is 18.2 Å². The van der Waals surface area contributed by atoms with Crippen LogP contribution in [0.1, 0.15) is 30.6 Å². The molecule has 4 nitrogen and oxygen atoms in total. The number of halogens is 1. The van der Waals surface area contributed by atoms with Gasteiger partial charge in [0.1, 0.15) is 5.75 Å². The molecule has 0 bridgehead atoms. The number of rotatable bonds is 6. The van der Waals surface area contributed by atoms with Crippen LogP contribution in [0.2, 0.25) is 0 Å². The molecule has 5 heteroatoms. The topological polar surface area (TPSA) is 47.0 Å². The Balaban J connectivity index is 2.40. The van der Waals surface area contributed by atoms with Crippen LogP contribution in [0, 0.1) is 0 Å². The van der Waals surface area contributed by atoms with Crippen LogP contribution in [0.25, 0.3) is 0 Å². The first-order chi connectivity index (χ1) is 9.76. The molecule has 1 aromatic carbocycles. The predicted molar refractivity (Wildman–Crippen MR) is 82.9 cm³/mol. The third-order valence-electron chi connectivity index (χ3n) is 2.99. The standard InChI is InChI=1S/C15H18BrN3O/c1-3-6-19-15(14-10-17-7-8-18-14)12-9-11(20-2)4-5-13(12)16/h4-5,7-10,15,19H,3,6H2,1-2H3. The van der Waals surface area contributed by atoms with Gasteiger partial charge in [0.25, 0.3) is 0 Å². The molecule has 0 saturated carbocycles. The first-order valence-corrected chi connectivity index (χ1v) is 7.38. The summed E-state index contributed by atoms with van der Waals surface area (Å²) >= 11 is 3.61. The van der Waals surface area contributed by atoms with Crippen LogP contribution in [0.3, 0.4) is 0 Å². The van der Waals surface area contributed by atoms with Crippen molar-refractivity contribution in [3.05, 3.63) is 52.5 Å². The normalized spacial score (nSPS) is 12.2. The molecule has 0 amide bonds. The summed E-state index contributed by atoms with van der Waals surface area (Å²) in [6.45, 7) is 3.05. The summed E-state index contributed by atoms with van der Waals surface area (Å²) in [5.41, 5.74) is 1.99. The molecule has 1 unspecified atom stereocenters. The van der Waals surface area contributed by atoms with Crippen LogP contribution in [0.5, 0.6) is 5.75 Å². The number of methoxy groups -OCH3 is 1. The quantitative estimate of drug-likeness (QED) is 0.879. The van der Waals surface area contributed by atoms with E-state index in [0.717, 1.165) is 34.4 Å². The number of nitrogens with one attached hydrogen (secondary N) is 1. The minimum atomic E-state index is -0.00637.